The zero-order valence-corrected chi connectivity index (χ0v) is 17.4. The molecular weight excluding hydrogens is 429 g/mol. The molecule has 1 saturated carbocycles. The molecule has 3 heterocycles. The van der Waals surface area contributed by atoms with Crippen LogP contribution in [0.2, 0.25) is 0 Å². The highest BCUT2D eigenvalue weighted by Crippen LogP contribution is 2.42. The summed E-state index contributed by atoms with van der Waals surface area (Å²) in [6.45, 7) is 0.726. The Morgan fingerprint density at radius 3 is 2.72 bits per heavy atom. The number of fused-ring (bicyclic) bond motifs is 3. The number of amides is 1. The first-order valence-corrected chi connectivity index (χ1v) is 10.9. The number of hydrogen-bond donors (Lipinski definition) is 2. The summed E-state index contributed by atoms with van der Waals surface area (Å²) in [7, 11) is 0. The van der Waals surface area contributed by atoms with Crippen LogP contribution in [-0.4, -0.2) is 49.3 Å². The molecule has 174 valence electrons. The van der Waals surface area contributed by atoms with Crippen LogP contribution in [0, 0.1) is 5.92 Å². The predicted molar refractivity (Wildman–Crippen MR) is 108 cm³/mol. The molecule has 2 fully saturated rings. The number of carbonyl (C=O) groups is 1. The van der Waals surface area contributed by atoms with E-state index >= 15 is 0 Å². The normalized spacial score (nSPS) is 28.8. The lowest BCUT2D eigenvalue weighted by atomic mass is 9.78. The Hall–Kier alpha value is -2.30. The third-order valence-electron chi connectivity index (χ3n) is 6.84. The fourth-order valence-corrected chi connectivity index (χ4v) is 5.05. The SMILES string of the molecule is O=C1NCCN(CC[C@H]2CC[C@@]3(CC2)COC(O)O3)c2c1oc1ccc(C(F)(F)F)cc21. The average Bonchev–Trinajstić information content (AvgIpc) is 3.26. The number of aliphatic hydroxyl groups excluding tert-OH is 1. The zero-order valence-electron chi connectivity index (χ0n) is 17.4. The van der Waals surface area contributed by atoms with Gasteiger partial charge in [-0.1, -0.05) is 0 Å². The highest BCUT2D eigenvalue weighted by molar-refractivity contribution is 6.07. The first kappa shape index (κ1) is 21.5. The Morgan fingerprint density at radius 1 is 1.25 bits per heavy atom. The minimum Gasteiger partial charge on any atom is -0.449 e. The second-order valence-electron chi connectivity index (χ2n) is 8.88. The number of alkyl halides is 3. The van der Waals surface area contributed by atoms with Crippen LogP contribution in [-0.2, 0) is 15.7 Å². The van der Waals surface area contributed by atoms with Crippen molar-refractivity contribution in [3.05, 3.63) is 29.5 Å². The van der Waals surface area contributed by atoms with E-state index in [0.717, 1.165) is 44.2 Å². The number of aliphatic hydroxyl groups is 1. The van der Waals surface area contributed by atoms with Gasteiger partial charge >= 0.3 is 6.18 Å². The maximum Gasteiger partial charge on any atom is 0.416 e. The van der Waals surface area contributed by atoms with Crippen molar-refractivity contribution < 1.29 is 37.0 Å². The number of nitrogens with one attached hydrogen (secondary N) is 1. The molecule has 1 unspecified atom stereocenters. The van der Waals surface area contributed by atoms with Crippen LogP contribution >= 0.6 is 0 Å². The largest absolute Gasteiger partial charge is 0.449 e. The van der Waals surface area contributed by atoms with Gasteiger partial charge < -0.3 is 29.2 Å². The highest BCUT2D eigenvalue weighted by atomic mass is 19.4. The van der Waals surface area contributed by atoms with E-state index in [0.29, 0.717) is 43.2 Å². The fraction of sp³-hybridized carbons (Fsp3) is 0.591. The Balaban J connectivity index is 1.35. The van der Waals surface area contributed by atoms with E-state index in [2.05, 4.69) is 5.32 Å². The van der Waals surface area contributed by atoms with E-state index in [1.54, 1.807) is 0 Å². The van der Waals surface area contributed by atoms with Crippen molar-refractivity contribution in [2.75, 3.05) is 31.1 Å². The van der Waals surface area contributed by atoms with Crippen LogP contribution in [0.25, 0.3) is 11.0 Å². The summed E-state index contributed by atoms with van der Waals surface area (Å²) < 4.78 is 56.3. The molecule has 2 aromatic rings. The molecule has 32 heavy (non-hydrogen) atoms. The van der Waals surface area contributed by atoms with E-state index in [9.17, 15) is 23.1 Å². The molecule has 7 nitrogen and oxygen atoms in total. The lowest BCUT2D eigenvalue weighted by Gasteiger charge is -2.36. The Kier molecular flexibility index (Phi) is 5.34. The van der Waals surface area contributed by atoms with Gasteiger partial charge in [-0.3, -0.25) is 4.79 Å². The maximum absolute atomic E-state index is 13.3. The predicted octanol–water partition coefficient (Wildman–Crippen LogP) is 3.64. The summed E-state index contributed by atoms with van der Waals surface area (Å²) in [5.74, 6) is 0.0648. The summed E-state index contributed by atoms with van der Waals surface area (Å²) in [6.07, 6.45) is -0.226. The number of carbonyl (C=O) groups excluding carboxylic acids is 1. The summed E-state index contributed by atoms with van der Waals surface area (Å²) in [6, 6.07) is 3.31. The molecule has 2 N–H and O–H groups in total. The molecule has 1 amide bonds. The summed E-state index contributed by atoms with van der Waals surface area (Å²) in [4.78, 5) is 14.4. The van der Waals surface area contributed by atoms with Gasteiger partial charge in [0.25, 0.3) is 12.4 Å². The lowest BCUT2D eigenvalue weighted by Crippen LogP contribution is -2.38. The van der Waals surface area contributed by atoms with Gasteiger partial charge in [0.2, 0.25) is 5.76 Å². The maximum atomic E-state index is 13.3. The number of benzene rings is 1. The van der Waals surface area contributed by atoms with Crippen LogP contribution in [0.1, 0.15) is 48.2 Å². The van der Waals surface area contributed by atoms with Crippen molar-refractivity contribution in [2.45, 2.75) is 50.4 Å². The van der Waals surface area contributed by atoms with E-state index in [1.807, 2.05) is 4.90 Å². The number of nitrogens with zero attached hydrogens (tertiary/aromatic N) is 1. The van der Waals surface area contributed by atoms with Gasteiger partial charge in [-0.2, -0.15) is 13.2 Å². The van der Waals surface area contributed by atoms with Gasteiger partial charge in [0.05, 0.1) is 23.5 Å². The van der Waals surface area contributed by atoms with Gasteiger partial charge in [-0.05, 0) is 56.2 Å². The summed E-state index contributed by atoms with van der Waals surface area (Å²) in [5.41, 5.74) is -0.473. The Labute approximate surface area is 182 Å². The van der Waals surface area contributed by atoms with Crippen molar-refractivity contribution in [3.63, 3.8) is 0 Å². The second kappa shape index (κ2) is 7.93. The molecule has 5 rings (SSSR count). The number of rotatable bonds is 3. The van der Waals surface area contributed by atoms with Crippen LogP contribution in [0.3, 0.4) is 0 Å². The van der Waals surface area contributed by atoms with Crippen LogP contribution < -0.4 is 10.2 Å². The second-order valence-corrected chi connectivity index (χ2v) is 8.88. The molecule has 0 radical (unpaired) electrons. The minimum atomic E-state index is -4.48. The third-order valence-corrected chi connectivity index (χ3v) is 6.84. The van der Waals surface area contributed by atoms with Gasteiger partial charge in [-0.15, -0.1) is 0 Å². The average molecular weight is 454 g/mol. The van der Waals surface area contributed by atoms with Crippen LogP contribution in [0.5, 0.6) is 0 Å². The smallest absolute Gasteiger partial charge is 0.416 e. The standard InChI is InChI=1S/C22H25F3N2O5/c23-22(24,25)14-1-2-16-15(11-14)17-18(31-16)19(28)26-8-10-27(17)9-5-13-3-6-21(7-4-13)12-30-20(29)32-21/h1-2,11,13,20,29H,3-10,12H2,(H,26,28)/t13-,20?,21+. The number of halogens is 3. The fourth-order valence-electron chi connectivity index (χ4n) is 5.05. The highest BCUT2D eigenvalue weighted by Gasteiger charge is 2.43. The number of ether oxygens (including phenoxy) is 2. The molecule has 2 aliphatic heterocycles. The molecule has 1 aromatic heterocycles. The van der Waals surface area contributed by atoms with Crippen LogP contribution in [0.15, 0.2) is 22.6 Å². The molecule has 0 bridgehead atoms. The number of hydrogen-bond acceptors (Lipinski definition) is 6. The summed E-state index contributed by atoms with van der Waals surface area (Å²) >= 11 is 0. The van der Waals surface area contributed by atoms with E-state index in [-0.39, 0.29) is 11.3 Å². The van der Waals surface area contributed by atoms with Crippen molar-refractivity contribution >= 4 is 22.6 Å². The molecule has 1 spiro atoms. The minimum absolute atomic E-state index is 0.0601. The Bertz CT molecular complexity index is 1010. The van der Waals surface area contributed by atoms with Crippen molar-refractivity contribution in [1.82, 2.24) is 5.32 Å². The monoisotopic (exact) mass is 454 g/mol. The van der Waals surface area contributed by atoms with Gasteiger partial charge in [-0.25, -0.2) is 0 Å². The third kappa shape index (κ3) is 3.95. The topological polar surface area (TPSA) is 84.2 Å². The van der Waals surface area contributed by atoms with E-state index in [4.69, 9.17) is 13.9 Å². The molecule has 1 saturated heterocycles. The van der Waals surface area contributed by atoms with E-state index < -0.39 is 29.7 Å². The van der Waals surface area contributed by atoms with Crippen molar-refractivity contribution in [2.24, 2.45) is 5.92 Å². The lowest BCUT2D eigenvalue weighted by molar-refractivity contribution is -0.224. The molecule has 1 aromatic carbocycles. The van der Waals surface area contributed by atoms with Gasteiger partial charge in [0.1, 0.15) is 5.58 Å². The molecule has 1 atom stereocenters. The quantitative estimate of drug-likeness (QED) is 0.737. The van der Waals surface area contributed by atoms with Crippen molar-refractivity contribution in [3.8, 4) is 0 Å². The molecule has 3 aliphatic rings. The van der Waals surface area contributed by atoms with Gasteiger partial charge in [0, 0.05) is 25.0 Å². The molecule has 1 aliphatic carbocycles. The van der Waals surface area contributed by atoms with Crippen molar-refractivity contribution in [1.29, 1.82) is 0 Å². The Morgan fingerprint density at radius 2 is 2.03 bits per heavy atom. The molecular formula is C22H25F3N2O5. The van der Waals surface area contributed by atoms with Gasteiger partial charge in [0.15, 0.2) is 0 Å². The van der Waals surface area contributed by atoms with Crippen LogP contribution in [0.4, 0.5) is 18.9 Å². The van der Waals surface area contributed by atoms with E-state index in [1.165, 1.54) is 6.07 Å². The summed E-state index contributed by atoms with van der Waals surface area (Å²) in [5, 5.41) is 12.6. The molecule has 10 heteroatoms. The first-order chi connectivity index (χ1) is 15.2. The number of anilines is 1. The number of furan rings is 1. The first-order valence-electron chi connectivity index (χ1n) is 10.9. The zero-order chi connectivity index (χ0) is 22.5.